The lowest BCUT2D eigenvalue weighted by atomic mass is 10.1. The summed E-state index contributed by atoms with van der Waals surface area (Å²) in [6.07, 6.45) is 3.43. The maximum Gasteiger partial charge on any atom is 0.419 e. The summed E-state index contributed by atoms with van der Waals surface area (Å²) in [5.41, 5.74) is 5.72. The molecule has 0 aromatic carbocycles. The summed E-state index contributed by atoms with van der Waals surface area (Å²) < 4.78 is 48.1. The van der Waals surface area contributed by atoms with E-state index < -0.39 is 17.6 Å². The van der Waals surface area contributed by atoms with Gasteiger partial charge in [-0.25, -0.2) is 9.97 Å². The molecule has 6 fully saturated rings. The first-order valence-electron chi connectivity index (χ1n) is 11.6. The van der Waals surface area contributed by atoms with Crippen LogP contribution in [-0.2, 0) is 22.9 Å². The molecule has 8 rings (SSSR count). The van der Waals surface area contributed by atoms with Gasteiger partial charge in [0.1, 0.15) is 11.6 Å². The highest BCUT2D eigenvalue weighted by atomic mass is 19.4. The van der Waals surface area contributed by atoms with Crippen LogP contribution in [0.25, 0.3) is 11.3 Å². The van der Waals surface area contributed by atoms with E-state index in [9.17, 15) is 13.2 Å². The highest BCUT2D eigenvalue weighted by molar-refractivity contribution is 5.63. The SMILES string of the molecule is Nc1ncc(-c2cn([C@]34C5C(N6CCOCC6)C[C@@H]3[C@H]54)c(CC3CC3)n2)cc1C(F)(F)F. The van der Waals surface area contributed by atoms with E-state index >= 15 is 0 Å². The third-order valence-electron chi connectivity index (χ3n) is 8.57. The third kappa shape index (κ3) is 2.61. The Hall–Kier alpha value is -2.13. The van der Waals surface area contributed by atoms with Crippen LogP contribution < -0.4 is 5.73 Å². The van der Waals surface area contributed by atoms with Crippen molar-refractivity contribution in [2.45, 2.75) is 43.4 Å². The molecule has 2 unspecified atom stereocenters. The number of fused-ring (bicyclic) bond motifs is 1. The predicted octanol–water partition coefficient (Wildman–Crippen LogP) is 3.17. The molecule has 5 atom stereocenters. The number of nitrogen functional groups attached to an aromatic ring is 1. The van der Waals surface area contributed by atoms with Gasteiger partial charge in [0, 0.05) is 49.4 Å². The first kappa shape index (κ1) is 19.3. The number of imidazole rings is 1. The second-order valence-corrected chi connectivity index (χ2v) is 10.2. The van der Waals surface area contributed by atoms with Crippen molar-refractivity contribution in [3.05, 3.63) is 29.8 Å². The molecule has 2 aromatic rings. The molecule has 3 heterocycles. The molecule has 5 aliphatic carbocycles. The number of aromatic nitrogens is 3. The molecule has 6 aliphatic rings. The van der Waals surface area contributed by atoms with E-state index in [0.717, 1.165) is 44.6 Å². The Balaban J connectivity index is 1.23. The Morgan fingerprint density at radius 1 is 1.19 bits per heavy atom. The van der Waals surface area contributed by atoms with Crippen LogP contribution in [0.3, 0.4) is 0 Å². The molecular weight excluding hydrogens is 419 g/mol. The number of nitrogens with two attached hydrogens (primary N) is 1. The van der Waals surface area contributed by atoms with Crippen molar-refractivity contribution in [1.29, 1.82) is 0 Å². The van der Waals surface area contributed by atoms with Gasteiger partial charge in [-0.15, -0.1) is 0 Å². The number of rotatable bonds is 5. The largest absolute Gasteiger partial charge is 0.419 e. The highest BCUT2D eigenvalue weighted by Crippen LogP contribution is 2.89. The van der Waals surface area contributed by atoms with Gasteiger partial charge in [-0.3, -0.25) is 4.90 Å². The van der Waals surface area contributed by atoms with Crippen LogP contribution >= 0.6 is 0 Å². The highest BCUT2D eigenvalue weighted by Gasteiger charge is 2.93. The van der Waals surface area contributed by atoms with E-state index in [-0.39, 0.29) is 5.54 Å². The van der Waals surface area contributed by atoms with Crippen LogP contribution in [0.4, 0.5) is 19.0 Å². The van der Waals surface area contributed by atoms with Crippen molar-refractivity contribution >= 4 is 5.82 Å². The Morgan fingerprint density at radius 3 is 2.66 bits per heavy atom. The number of ether oxygens (including phenoxy) is 1. The summed E-state index contributed by atoms with van der Waals surface area (Å²) in [5, 5.41) is 0. The van der Waals surface area contributed by atoms with Crippen molar-refractivity contribution in [2.75, 3.05) is 32.0 Å². The molecule has 32 heavy (non-hydrogen) atoms. The maximum absolute atomic E-state index is 13.4. The van der Waals surface area contributed by atoms with Crippen LogP contribution in [0.5, 0.6) is 0 Å². The number of hydrogen-bond acceptors (Lipinski definition) is 5. The van der Waals surface area contributed by atoms with Crippen LogP contribution in [0.1, 0.15) is 30.7 Å². The van der Waals surface area contributed by atoms with Gasteiger partial charge in [0.05, 0.1) is 30.0 Å². The van der Waals surface area contributed by atoms with Crippen LogP contribution in [0.2, 0.25) is 0 Å². The van der Waals surface area contributed by atoms with Gasteiger partial charge in [0.15, 0.2) is 0 Å². The van der Waals surface area contributed by atoms with Crippen molar-refractivity contribution in [3.8, 4) is 11.3 Å². The minimum absolute atomic E-state index is 0.145. The minimum atomic E-state index is -4.53. The molecule has 5 saturated carbocycles. The van der Waals surface area contributed by atoms with Crippen LogP contribution in [0.15, 0.2) is 18.5 Å². The molecule has 2 bridgehead atoms. The van der Waals surface area contributed by atoms with Crippen molar-refractivity contribution in [3.63, 3.8) is 0 Å². The topological polar surface area (TPSA) is 69.2 Å². The van der Waals surface area contributed by atoms with E-state index in [1.807, 2.05) is 6.20 Å². The number of anilines is 1. The summed E-state index contributed by atoms with van der Waals surface area (Å²) >= 11 is 0. The van der Waals surface area contributed by atoms with Gasteiger partial charge in [0.2, 0.25) is 0 Å². The number of nitrogens with zero attached hydrogens (tertiary/aromatic N) is 4. The molecule has 2 aromatic heterocycles. The van der Waals surface area contributed by atoms with Gasteiger partial charge in [0.25, 0.3) is 0 Å². The van der Waals surface area contributed by atoms with E-state index in [2.05, 4.69) is 14.5 Å². The number of pyridine rings is 1. The summed E-state index contributed by atoms with van der Waals surface area (Å²) in [4.78, 5) is 11.3. The van der Waals surface area contributed by atoms with E-state index in [1.165, 1.54) is 25.5 Å². The number of halogens is 3. The second-order valence-electron chi connectivity index (χ2n) is 10.2. The van der Waals surface area contributed by atoms with E-state index in [0.29, 0.717) is 41.0 Å². The lowest BCUT2D eigenvalue weighted by molar-refractivity contribution is -0.137. The van der Waals surface area contributed by atoms with Gasteiger partial charge >= 0.3 is 6.18 Å². The third-order valence-corrected chi connectivity index (χ3v) is 8.57. The summed E-state index contributed by atoms with van der Waals surface area (Å²) in [5.74, 6) is 3.21. The van der Waals surface area contributed by atoms with Crippen LogP contribution in [0, 0.1) is 23.7 Å². The molecule has 1 saturated heterocycles. The summed E-state index contributed by atoms with van der Waals surface area (Å²) in [6.45, 7) is 3.61. The average molecular weight is 445 g/mol. The van der Waals surface area contributed by atoms with Crippen molar-refractivity contribution in [2.24, 2.45) is 23.7 Å². The normalized spacial score (nSPS) is 35.7. The first-order chi connectivity index (χ1) is 15.4. The zero-order valence-electron chi connectivity index (χ0n) is 17.7. The Kier molecular flexibility index (Phi) is 3.78. The molecule has 1 aliphatic heterocycles. The fourth-order valence-corrected chi connectivity index (χ4v) is 6.86. The van der Waals surface area contributed by atoms with Gasteiger partial charge < -0.3 is 15.0 Å². The molecule has 0 amide bonds. The van der Waals surface area contributed by atoms with Gasteiger partial charge in [-0.05, 0) is 43.1 Å². The number of morpholine rings is 1. The lowest BCUT2D eigenvalue weighted by Crippen LogP contribution is -2.43. The molecule has 2 N–H and O–H groups in total. The summed E-state index contributed by atoms with van der Waals surface area (Å²) in [7, 11) is 0. The van der Waals surface area contributed by atoms with Crippen LogP contribution in [-0.4, -0.2) is 51.8 Å². The Labute approximate surface area is 184 Å². The lowest BCUT2D eigenvalue weighted by Gasteiger charge is -2.32. The fourth-order valence-electron chi connectivity index (χ4n) is 6.86. The smallest absolute Gasteiger partial charge is 0.383 e. The average Bonchev–Trinajstić information content (AvgIpc) is 3.69. The Morgan fingerprint density at radius 2 is 1.97 bits per heavy atom. The van der Waals surface area contributed by atoms with E-state index in [1.54, 1.807) is 0 Å². The monoisotopic (exact) mass is 445 g/mol. The molecular formula is C23H26F3N5O. The molecule has 0 radical (unpaired) electrons. The summed E-state index contributed by atoms with van der Waals surface area (Å²) in [6, 6.07) is 1.69. The Bertz CT molecular complexity index is 1080. The number of hydrogen-bond donors (Lipinski definition) is 1. The number of alkyl halides is 3. The minimum Gasteiger partial charge on any atom is -0.383 e. The molecule has 0 spiro atoms. The quantitative estimate of drug-likeness (QED) is 0.766. The van der Waals surface area contributed by atoms with Gasteiger partial charge in [-0.1, -0.05) is 0 Å². The zero-order valence-corrected chi connectivity index (χ0v) is 17.7. The van der Waals surface area contributed by atoms with Crippen molar-refractivity contribution < 1.29 is 17.9 Å². The molecule has 9 heteroatoms. The zero-order chi connectivity index (χ0) is 21.8. The fraction of sp³-hybridized carbons (Fsp3) is 0.652. The molecule has 170 valence electrons. The van der Waals surface area contributed by atoms with E-state index in [4.69, 9.17) is 15.5 Å². The second kappa shape index (κ2) is 6.26. The molecule has 6 nitrogen and oxygen atoms in total. The van der Waals surface area contributed by atoms with Crippen molar-refractivity contribution in [1.82, 2.24) is 19.4 Å². The maximum atomic E-state index is 13.4. The standard InChI is InChI=1S/C23H26F3N5O/c24-23(25,26)15-8-13(10-28-21(15)27)16-11-31(18(29-16)7-12-1-2-12)22-14-9-17(20(22)19(14)22)30-3-5-32-6-4-30/h8,10-12,14,17,19-20H,1-7,9H2,(H2,27,28)/t14-,17?,19-,20?,22-/m1/s1. The van der Waals surface area contributed by atoms with Gasteiger partial charge in [-0.2, -0.15) is 13.2 Å². The predicted molar refractivity (Wildman–Crippen MR) is 111 cm³/mol. The first-order valence-corrected chi connectivity index (χ1v) is 11.6.